The van der Waals surface area contributed by atoms with E-state index in [4.69, 9.17) is 9.47 Å². The monoisotopic (exact) mass is 346 g/mol. The maximum Gasteiger partial charge on any atom is 0.140 e. The predicted molar refractivity (Wildman–Crippen MR) is 95.1 cm³/mol. The van der Waals surface area contributed by atoms with Gasteiger partial charge in [0.15, 0.2) is 0 Å². The van der Waals surface area contributed by atoms with E-state index in [1.165, 1.54) is 51.4 Å². The molecule has 1 fully saturated rings. The highest BCUT2D eigenvalue weighted by atomic mass is 16.6. The molecule has 24 heavy (non-hydrogen) atoms. The van der Waals surface area contributed by atoms with Crippen molar-refractivity contribution < 1.29 is 24.8 Å². The van der Waals surface area contributed by atoms with Crippen LogP contribution >= 0.6 is 0 Å². The van der Waals surface area contributed by atoms with E-state index in [1.807, 2.05) is 0 Å². The molecule has 1 aliphatic rings. The highest BCUT2D eigenvalue weighted by Gasteiger charge is 2.43. The van der Waals surface area contributed by atoms with Gasteiger partial charge in [-0.15, -0.1) is 0 Å². The van der Waals surface area contributed by atoms with Crippen LogP contribution in [0.4, 0.5) is 0 Å². The third-order valence-corrected chi connectivity index (χ3v) is 4.92. The van der Waals surface area contributed by atoms with Crippen molar-refractivity contribution in [2.75, 3.05) is 26.4 Å². The second-order valence-electron chi connectivity index (χ2n) is 7.17. The van der Waals surface area contributed by atoms with Crippen LogP contribution < -0.4 is 0 Å². The molecule has 1 aliphatic heterocycles. The van der Waals surface area contributed by atoms with E-state index in [1.54, 1.807) is 0 Å². The second kappa shape index (κ2) is 13.1. The van der Waals surface area contributed by atoms with Crippen molar-refractivity contribution in [1.82, 2.24) is 0 Å². The van der Waals surface area contributed by atoms with Gasteiger partial charge in [-0.05, 0) is 6.42 Å². The van der Waals surface area contributed by atoms with Gasteiger partial charge in [0.2, 0.25) is 0 Å². The van der Waals surface area contributed by atoms with Crippen molar-refractivity contribution in [2.45, 2.75) is 95.4 Å². The number of hydrogen-bond acceptors (Lipinski definition) is 5. The lowest BCUT2D eigenvalue weighted by molar-refractivity contribution is -0.224. The Morgan fingerprint density at radius 3 is 2.08 bits per heavy atom. The van der Waals surface area contributed by atoms with Crippen LogP contribution in [0.3, 0.4) is 0 Å². The van der Waals surface area contributed by atoms with Crippen molar-refractivity contribution in [3.8, 4) is 0 Å². The maximum absolute atomic E-state index is 10.0. The van der Waals surface area contributed by atoms with Gasteiger partial charge in [0.05, 0.1) is 32.0 Å². The molecule has 1 saturated heterocycles. The Labute approximate surface area is 147 Å². The molecule has 0 aromatic heterocycles. The average molecular weight is 347 g/mol. The van der Waals surface area contributed by atoms with Crippen LogP contribution in [0, 0.1) is 0 Å². The summed E-state index contributed by atoms with van der Waals surface area (Å²) in [5.74, 6) is 0. The van der Waals surface area contributed by atoms with Crippen molar-refractivity contribution in [3.05, 3.63) is 0 Å². The highest BCUT2D eigenvalue weighted by Crippen LogP contribution is 2.26. The fourth-order valence-corrected chi connectivity index (χ4v) is 3.17. The van der Waals surface area contributed by atoms with Crippen LogP contribution in [-0.4, -0.2) is 59.6 Å². The van der Waals surface area contributed by atoms with Crippen molar-refractivity contribution >= 4 is 0 Å². The Kier molecular flexibility index (Phi) is 11.9. The molecule has 144 valence electrons. The Bertz CT molecular complexity index is 299. The lowest BCUT2D eigenvalue weighted by Crippen LogP contribution is -2.57. The molecule has 1 heterocycles. The summed E-state index contributed by atoms with van der Waals surface area (Å²) in [4.78, 5) is 0. The van der Waals surface area contributed by atoms with Crippen molar-refractivity contribution in [1.29, 1.82) is 0 Å². The van der Waals surface area contributed by atoms with E-state index in [-0.39, 0.29) is 26.2 Å². The summed E-state index contributed by atoms with van der Waals surface area (Å²) in [5.41, 5.74) is -1.07. The molecule has 0 aromatic rings. The number of hydrogen-bond donors (Lipinski definition) is 3. The number of aliphatic hydroxyl groups excluding tert-OH is 3. The van der Waals surface area contributed by atoms with Crippen LogP contribution in [0.2, 0.25) is 0 Å². The molecular formula is C19H38O5. The van der Waals surface area contributed by atoms with Crippen LogP contribution in [0.25, 0.3) is 0 Å². The number of aliphatic hydroxyl groups is 3. The van der Waals surface area contributed by atoms with Gasteiger partial charge in [-0.1, -0.05) is 64.7 Å². The lowest BCUT2D eigenvalue weighted by atomic mass is 9.91. The quantitative estimate of drug-likeness (QED) is 0.422. The molecule has 0 aliphatic carbocycles. The van der Waals surface area contributed by atoms with Gasteiger partial charge in [0.25, 0.3) is 0 Å². The zero-order valence-corrected chi connectivity index (χ0v) is 15.4. The molecule has 0 aromatic carbocycles. The summed E-state index contributed by atoms with van der Waals surface area (Å²) in [7, 11) is 0. The number of ether oxygens (including phenoxy) is 2. The maximum atomic E-state index is 10.0. The molecule has 0 radical (unpaired) electrons. The topological polar surface area (TPSA) is 79.2 Å². The van der Waals surface area contributed by atoms with E-state index in [2.05, 4.69) is 6.92 Å². The number of unbranched alkanes of at least 4 members (excludes halogenated alkanes) is 9. The molecule has 0 bridgehead atoms. The Balaban J connectivity index is 1.97. The SMILES string of the molecule is CCCCCCCCCCCCOC[C@@]1(CO)OC[C@@H](O)CC1O. The van der Waals surface area contributed by atoms with E-state index >= 15 is 0 Å². The van der Waals surface area contributed by atoms with Gasteiger partial charge in [0.1, 0.15) is 5.60 Å². The van der Waals surface area contributed by atoms with Gasteiger partial charge >= 0.3 is 0 Å². The lowest BCUT2D eigenvalue weighted by Gasteiger charge is -2.41. The molecule has 0 amide bonds. The van der Waals surface area contributed by atoms with Gasteiger partial charge < -0.3 is 24.8 Å². The summed E-state index contributed by atoms with van der Waals surface area (Å²) >= 11 is 0. The van der Waals surface area contributed by atoms with E-state index in [0.29, 0.717) is 6.61 Å². The molecule has 0 spiro atoms. The third-order valence-electron chi connectivity index (χ3n) is 4.92. The molecule has 0 saturated carbocycles. The van der Waals surface area contributed by atoms with E-state index < -0.39 is 17.8 Å². The van der Waals surface area contributed by atoms with Gasteiger partial charge in [-0.3, -0.25) is 0 Å². The first-order valence-corrected chi connectivity index (χ1v) is 9.83. The third kappa shape index (κ3) is 8.26. The van der Waals surface area contributed by atoms with Crippen LogP contribution in [0.15, 0.2) is 0 Å². The summed E-state index contributed by atoms with van der Waals surface area (Å²) < 4.78 is 11.1. The normalized spacial score (nSPS) is 27.5. The molecular weight excluding hydrogens is 308 g/mol. The van der Waals surface area contributed by atoms with Gasteiger partial charge in [-0.25, -0.2) is 0 Å². The van der Waals surface area contributed by atoms with Crippen LogP contribution in [-0.2, 0) is 9.47 Å². The standard InChI is InChI=1S/C19H38O5/c1-2-3-4-5-6-7-8-9-10-11-12-23-16-19(15-20)18(22)13-17(21)14-24-19/h17-18,20-22H,2-16H2,1H3/t17-,18?,19+/m0/s1. The molecule has 1 rings (SSSR count). The summed E-state index contributed by atoms with van der Waals surface area (Å²) in [6.45, 7) is 2.89. The molecule has 5 heteroatoms. The Hall–Kier alpha value is -0.200. The average Bonchev–Trinajstić information content (AvgIpc) is 2.58. The van der Waals surface area contributed by atoms with E-state index in [0.717, 1.165) is 12.8 Å². The minimum absolute atomic E-state index is 0.138. The minimum atomic E-state index is -1.07. The molecule has 1 unspecified atom stereocenters. The number of rotatable bonds is 14. The van der Waals surface area contributed by atoms with Crippen LogP contribution in [0.1, 0.15) is 77.6 Å². The minimum Gasteiger partial charge on any atom is -0.393 e. The van der Waals surface area contributed by atoms with Crippen LogP contribution in [0.5, 0.6) is 0 Å². The first-order chi connectivity index (χ1) is 11.6. The van der Waals surface area contributed by atoms with Gasteiger partial charge in [-0.2, -0.15) is 0 Å². The predicted octanol–water partition coefficient (Wildman–Crippen LogP) is 2.80. The summed E-state index contributed by atoms with van der Waals surface area (Å²) in [6, 6.07) is 0. The van der Waals surface area contributed by atoms with Gasteiger partial charge in [0, 0.05) is 13.0 Å². The molecule has 3 atom stereocenters. The summed E-state index contributed by atoms with van der Waals surface area (Å²) in [5, 5.41) is 29.0. The second-order valence-corrected chi connectivity index (χ2v) is 7.17. The zero-order valence-electron chi connectivity index (χ0n) is 15.4. The molecule has 5 nitrogen and oxygen atoms in total. The largest absolute Gasteiger partial charge is 0.393 e. The fourth-order valence-electron chi connectivity index (χ4n) is 3.17. The highest BCUT2D eigenvalue weighted by molar-refractivity contribution is 4.93. The Morgan fingerprint density at radius 2 is 1.54 bits per heavy atom. The van der Waals surface area contributed by atoms with Crippen molar-refractivity contribution in [3.63, 3.8) is 0 Å². The Morgan fingerprint density at radius 1 is 0.958 bits per heavy atom. The fraction of sp³-hybridized carbons (Fsp3) is 1.00. The van der Waals surface area contributed by atoms with E-state index in [9.17, 15) is 15.3 Å². The first kappa shape index (κ1) is 21.8. The zero-order chi connectivity index (χ0) is 17.7. The molecule has 3 N–H and O–H groups in total. The van der Waals surface area contributed by atoms with Crippen molar-refractivity contribution in [2.24, 2.45) is 0 Å². The first-order valence-electron chi connectivity index (χ1n) is 9.83. The summed E-state index contributed by atoms with van der Waals surface area (Å²) in [6.07, 6.45) is 11.5. The smallest absolute Gasteiger partial charge is 0.140 e.